The van der Waals surface area contributed by atoms with Crippen molar-refractivity contribution in [2.75, 3.05) is 26.4 Å². The van der Waals surface area contributed by atoms with E-state index in [1.54, 1.807) is 6.20 Å². The number of nitrogens with zero attached hydrogens (tertiary/aromatic N) is 3. The van der Waals surface area contributed by atoms with E-state index in [1.165, 1.54) is 19.4 Å². The molecule has 2 bridgehead atoms. The molecule has 6 heteroatoms. The van der Waals surface area contributed by atoms with Gasteiger partial charge in [0.15, 0.2) is 11.5 Å². The second-order valence-electron chi connectivity index (χ2n) is 6.97. The van der Waals surface area contributed by atoms with Gasteiger partial charge in [-0.15, -0.1) is 5.10 Å². The lowest BCUT2D eigenvalue weighted by molar-refractivity contribution is 0.0127. The predicted molar refractivity (Wildman–Crippen MR) is 91.8 cm³/mol. The van der Waals surface area contributed by atoms with Crippen LogP contribution in [0.3, 0.4) is 0 Å². The minimum atomic E-state index is 0.223. The third-order valence-electron chi connectivity index (χ3n) is 5.43. The number of rotatable bonds is 3. The van der Waals surface area contributed by atoms with Gasteiger partial charge < -0.3 is 19.1 Å². The highest BCUT2D eigenvalue weighted by molar-refractivity contribution is 5.71. The van der Waals surface area contributed by atoms with Crippen LogP contribution in [0.5, 0.6) is 17.4 Å². The number of hydrogen-bond donors (Lipinski definition) is 0. The van der Waals surface area contributed by atoms with E-state index < -0.39 is 0 Å². The Morgan fingerprint density at radius 1 is 1.08 bits per heavy atom. The quantitative estimate of drug-likeness (QED) is 0.857. The maximum absolute atomic E-state index is 6.37. The smallest absolute Gasteiger partial charge is 0.241 e. The summed E-state index contributed by atoms with van der Waals surface area (Å²) in [6, 6.07) is 7.88. The van der Waals surface area contributed by atoms with Crippen molar-refractivity contribution in [2.45, 2.75) is 25.4 Å². The number of aromatic nitrogens is 2. The lowest BCUT2D eigenvalue weighted by atomic mass is 9.87. The van der Waals surface area contributed by atoms with Gasteiger partial charge in [-0.3, -0.25) is 0 Å². The Labute approximate surface area is 146 Å². The van der Waals surface area contributed by atoms with Crippen molar-refractivity contribution >= 4 is 0 Å². The molecule has 2 saturated heterocycles. The average Bonchev–Trinajstić information content (AvgIpc) is 3.13. The van der Waals surface area contributed by atoms with Gasteiger partial charge in [0.1, 0.15) is 6.10 Å². The van der Waals surface area contributed by atoms with E-state index in [4.69, 9.17) is 14.2 Å². The van der Waals surface area contributed by atoms with Gasteiger partial charge in [0.05, 0.1) is 6.20 Å². The van der Waals surface area contributed by atoms with Gasteiger partial charge in [-0.1, -0.05) is 6.07 Å². The molecule has 0 saturated carbocycles. The van der Waals surface area contributed by atoms with Gasteiger partial charge in [0, 0.05) is 24.6 Å². The molecule has 3 aliphatic rings. The van der Waals surface area contributed by atoms with E-state index in [0.29, 0.717) is 11.8 Å². The zero-order valence-corrected chi connectivity index (χ0v) is 14.1. The van der Waals surface area contributed by atoms with Crippen molar-refractivity contribution in [3.8, 4) is 28.5 Å². The summed E-state index contributed by atoms with van der Waals surface area (Å²) < 4.78 is 17.3. The predicted octanol–water partition coefficient (Wildman–Crippen LogP) is 2.74. The van der Waals surface area contributed by atoms with E-state index >= 15 is 0 Å². The largest absolute Gasteiger partial charge is 0.472 e. The first kappa shape index (κ1) is 15.0. The number of ether oxygens (including phenoxy) is 3. The molecule has 3 unspecified atom stereocenters. The fraction of sp³-hybridized carbons (Fsp3) is 0.474. The molecule has 0 radical (unpaired) electrons. The van der Waals surface area contributed by atoms with Crippen LogP contribution in [0.2, 0.25) is 0 Å². The summed E-state index contributed by atoms with van der Waals surface area (Å²) in [5.74, 6) is 2.75. The van der Waals surface area contributed by atoms with Crippen molar-refractivity contribution in [1.29, 1.82) is 0 Å². The molecule has 2 aromatic rings. The molecule has 3 atom stereocenters. The highest BCUT2D eigenvalue weighted by Crippen LogP contribution is 2.39. The van der Waals surface area contributed by atoms with Crippen molar-refractivity contribution in [1.82, 2.24) is 15.1 Å². The van der Waals surface area contributed by atoms with E-state index in [0.717, 1.165) is 42.1 Å². The highest BCUT2D eigenvalue weighted by atomic mass is 16.7. The maximum Gasteiger partial charge on any atom is 0.241 e. The summed E-state index contributed by atoms with van der Waals surface area (Å²) in [6.45, 7) is 3.76. The molecule has 4 heterocycles. The number of benzene rings is 1. The molecule has 1 aromatic carbocycles. The second kappa shape index (κ2) is 6.19. The zero-order chi connectivity index (χ0) is 16.6. The summed E-state index contributed by atoms with van der Waals surface area (Å²) in [5, 5.41) is 8.34. The summed E-state index contributed by atoms with van der Waals surface area (Å²) in [7, 11) is 0. The molecule has 0 N–H and O–H groups in total. The lowest BCUT2D eigenvalue weighted by Crippen LogP contribution is -2.49. The van der Waals surface area contributed by atoms with Crippen LogP contribution >= 0.6 is 0 Å². The van der Waals surface area contributed by atoms with Crippen LogP contribution in [-0.4, -0.2) is 47.6 Å². The molecular weight excluding hydrogens is 318 g/mol. The van der Waals surface area contributed by atoms with E-state index in [1.807, 2.05) is 24.3 Å². The first-order chi connectivity index (χ1) is 12.4. The SMILES string of the molecule is c1cc(-c2ccc3c(c2)OCO3)c(OC2CCN3CCCC2C3)nn1. The van der Waals surface area contributed by atoms with Gasteiger partial charge >= 0.3 is 0 Å². The van der Waals surface area contributed by atoms with E-state index in [2.05, 4.69) is 15.1 Å². The molecule has 5 rings (SSSR count). The van der Waals surface area contributed by atoms with Crippen LogP contribution in [0.25, 0.3) is 11.1 Å². The summed E-state index contributed by atoms with van der Waals surface area (Å²) in [6.07, 6.45) is 5.49. The normalized spacial score (nSPS) is 27.1. The molecule has 6 nitrogen and oxygen atoms in total. The third kappa shape index (κ3) is 2.80. The molecule has 0 amide bonds. The minimum Gasteiger partial charge on any atom is -0.472 e. The average molecular weight is 339 g/mol. The van der Waals surface area contributed by atoms with Gasteiger partial charge in [0.25, 0.3) is 0 Å². The number of piperidine rings is 2. The molecule has 1 aromatic heterocycles. The first-order valence-corrected chi connectivity index (χ1v) is 8.97. The van der Waals surface area contributed by atoms with Gasteiger partial charge in [-0.25, -0.2) is 0 Å². The van der Waals surface area contributed by atoms with Gasteiger partial charge in [0.2, 0.25) is 12.7 Å². The molecule has 0 aliphatic carbocycles. The van der Waals surface area contributed by atoms with Crippen molar-refractivity contribution in [3.63, 3.8) is 0 Å². The molecular formula is C19H21N3O3. The maximum atomic E-state index is 6.37. The zero-order valence-electron chi connectivity index (χ0n) is 14.1. The lowest BCUT2D eigenvalue weighted by Gasteiger charge is -2.42. The Bertz CT molecular complexity index is 782. The van der Waals surface area contributed by atoms with Crippen LogP contribution in [0, 0.1) is 5.92 Å². The van der Waals surface area contributed by atoms with Crippen LogP contribution in [0.1, 0.15) is 19.3 Å². The fourth-order valence-electron chi connectivity index (χ4n) is 4.13. The van der Waals surface area contributed by atoms with Crippen LogP contribution in [0.15, 0.2) is 30.5 Å². The summed E-state index contributed by atoms with van der Waals surface area (Å²) in [5.41, 5.74) is 1.96. The van der Waals surface area contributed by atoms with Crippen molar-refractivity contribution < 1.29 is 14.2 Å². The van der Waals surface area contributed by atoms with Crippen LogP contribution in [0.4, 0.5) is 0 Å². The Balaban J connectivity index is 1.43. The summed E-state index contributed by atoms with van der Waals surface area (Å²) >= 11 is 0. The van der Waals surface area contributed by atoms with E-state index in [9.17, 15) is 0 Å². The number of fused-ring (bicyclic) bond motifs is 3. The molecule has 3 aliphatic heterocycles. The highest BCUT2D eigenvalue weighted by Gasteiger charge is 2.34. The summed E-state index contributed by atoms with van der Waals surface area (Å²) in [4.78, 5) is 2.55. The minimum absolute atomic E-state index is 0.223. The van der Waals surface area contributed by atoms with Gasteiger partial charge in [-0.2, -0.15) is 5.10 Å². The number of hydrogen-bond acceptors (Lipinski definition) is 6. The van der Waals surface area contributed by atoms with Crippen LogP contribution < -0.4 is 14.2 Å². The van der Waals surface area contributed by atoms with Crippen molar-refractivity contribution in [3.05, 3.63) is 30.5 Å². The second-order valence-corrected chi connectivity index (χ2v) is 6.97. The van der Waals surface area contributed by atoms with E-state index in [-0.39, 0.29) is 12.9 Å². The Morgan fingerprint density at radius 3 is 3.04 bits per heavy atom. The fourth-order valence-corrected chi connectivity index (χ4v) is 4.13. The van der Waals surface area contributed by atoms with Crippen molar-refractivity contribution in [2.24, 2.45) is 5.92 Å². The Kier molecular flexibility index (Phi) is 3.70. The molecule has 0 spiro atoms. The topological polar surface area (TPSA) is 56.7 Å². The standard InChI is InChI=1S/C19H21N3O3/c1-2-14-11-22(8-1)9-6-16(14)25-19-15(5-7-20-21-19)13-3-4-17-18(10-13)24-12-23-17/h3-5,7,10,14,16H,1-2,6,8-9,11-12H2. The molecule has 130 valence electrons. The monoisotopic (exact) mass is 339 g/mol. The Hall–Kier alpha value is -2.34. The first-order valence-electron chi connectivity index (χ1n) is 8.97. The molecule has 2 fully saturated rings. The Morgan fingerprint density at radius 2 is 2.04 bits per heavy atom. The van der Waals surface area contributed by atoms with Crippen LogP contribution in [-0.2, 0) is 0 Å². The third-order valence-corrected chi connectivity index (χ3v) is 5.43. The van der Waals surface area contributed by atoms with Gasteiger partial charge in [-0.05, 0) is 49.6 Å². The molecule has 25 heavy (non-hydrogen) atoms.